The van der Waals surface area contributed by atoms with Gasteiger partial charge in [-0.2, -0.15) is 18.3 Å². The first-order valence-electron chi connectivity index (χ1n) is 13.8. The summed E-state index contributed by atoms with van der Waals surface area (Å²) < 4.78 is 72.3. The lowest BCUT2D eigenvalue weighted by Crippen LogP contribution is -2.52. The minimum absolute atomic E-state index is 0.0185. The topological polar surface area (TPSA) is 86.5 Å². The van der Waals surface area contributed by atoms with Gasteiger partial charge in [0, 0.05) is 66.8 Å². The molecular weight excluding hydrogens is 619 g/mol. The SMILES string of the molecule is O=C(/C=C/c1ccc(Cl)cc1)Nc1ccc(N2CCN(CC(O)(Cn3cncn3)c3ccc(F)cc3F)CC2)c(C(F)(F)F)c1. The molecule has 14 heteroatoms. The Kier molecular flexibility index (Phi) is 9.51. The molecule has 0 spiro atoms. The zero-order valence-corrected chi connectivity index (χ0v) is 24.4. The predicted octanol–water partition coefficient (Wildman–Crippen LogP) is 5.59. The van der Waals surface area contributed by atoms with Crippen molar-refractivity contribution in [3.63, 3.8) is 0 Å². The van der Waals surface area contributed by atoms with E-state index in [9.17, 15) is 31.9 Å². The molecule has 0 saturated carbocycles. The van der Waals surface area contributed by atoms with Gasteiger partial charge in [-0.05, 0) is 48.0 Å². The molecule has 0 aliphatic carbocycles. The molecule has 236 valence electrons. The Morgan fingerprint density at radius 3 is 2.33 bits per heavy atom. The van der Waals surface area contributed by atoms with Gasteiger partial charge < -0.3 is 15.3 Å². The summed E-state index contributed by atoms with van der Waals surface area (Å²) in [6.45, 7) is 0.551. The third kappa shape index (κ3) is 8.04. The van der Waals surface area contributed by atoms with Gasteiger partial charge in [-0.15, -0.1) is 0 Å². The third-order valence-electron chi connectivity index (χ3n) is 7.39. The number of β-amino-alcohol motifs (C(OH)–C–C–N with tert-alkyl or cyclic N) is 1. The molecule has 1 aliphatic heterocycles. The number of aliphatic hydroxyl groups is 1. The van der Waals surface area contributed by atoms with Crippen LogP contribution in [-0.4, -0.2) is 63.4 Å². The molecule has 1 aliphatic rings. The number of aromatic nitrogens is 3. The van der Waals surface area contributed by atoms with Gasteiger partial charge in [0.1, 0.15) is 29.9 Å². The molecule has 1 atom stereocenters. The highest BCUT2D eigenvalue weighted by molar-refractivity contribution is 6.30. The maximum Gasteiger partial charge on any atom is 0.418 e. The lowest BCUT2D eigenvalue weighted by atomic mass is 9.92. The minimum atomic E-state index is -4.70. The summed E-state index contributed by atoms with van der Waals surface area (Å²) in [5, 5.41) is 18.6. The maximum absolute atomic E-state index is 14.8. The Morgan fingerprint density at radius 1 is 0.956 bits per heavy atom. The standard InChI is InChI=1S/C31H28ClF5N6O2/c32-22-4-1-21(2-5-22)3-10-29(44)40-24-7-9-28(26(16-24)31(35,36)37)42-13-11-41(12-14-42)17-30(45,18-43-20-38-19-39-43)25-8-6-23(33)15-27(25)34/h1-10,15-16,19-20,45H,11-14,17-18H2,(H,40,44)/b10-3+. The third-order valence-corrected chi connectivity index (χ3v) is 7.64. The number of halogens is 6. The number of nitrogens with zero attached hydrogens (tertiary/aromatic N) is 5. The molecule has 1 aromatic heterocycles. The Balaban J connectivity index is 1.28. The van der Waals surface area contributed by atoms with Crippen LogP contribution in [0.1, 0.15) is 16.7 Å². The van der Waals surface area contributed by atoms with Crippen molar-refractivity contribution in [1.82, 2.24) is 19.7 Å². The molecule has 1 saturated heterocycles. The van der Waals surface area contributed by atoms with Gasteiger partial charge >= 0.3 is 6.18 Å². The van der Waals surface area contributed by atoms with Crippen LogP contribution in [0.15, 0.2) is 79.4 Å². The number of amides is 1. The minimum Gasteiger partial charge on any atom is -0.382 e. The van der Waals surface area contributed by atoms with E-state index in [-0.39, 0.29) is 56.2 Å². The fraction of sp³-hybridized carbons (Fsp3) is 0.258. The quantitative estimate of drug-likeness (QED) is 0.182. The summed E-state index contributed by atoms with van der Waals surface area (Å²) in [6, 6.07) is 13.2. The van der Waals surface area contributed by atoms with E-state index >= 15 is 0 Å². The van der Waals surface area contributed by atoms with Crippen LogP contribution >= 0.6 is 11.6 Å². The Hall–Kier alpha value is -4.33. The highest BCUT2D eigenvalue weighted by Gasteiger charge is 2.38. The van der Waals surface area contributed by atoms with Crippen molar-refractivity contribution in [2.45, 2.75) is 18.3 Å². The number of carbonyl (C=O) groups excluding carboxylic acids is 1. The van der Waals surface area contributed by atoms with Gasteiger partial charge in [0.2, 0.25) is 5.91 Å². The zero-order valence-electron chi connectivity index (χ0n) is 23.7. The van der Waals surface area contributed by atoms with E-state index < -0.39 is 34.9 Å². The first-order chi connectivity index (χ1) is 21.4. The fourth-order valence-corrected chi connectivity index (χ4v) is 5.36. The Morgan fingerprint density at radius 2 is 1.69 bits per heavy atom. The smallest absolute Gasteiger partial charge is 0.382 e. The van der Waals surface area contributed by atoms with Crippen LogP contribution in [0.2, 0.25) is 5.02 Å². The van der Waals surface area contributed by atoms with Crippen molar-refractivity contribution in [2.75, 3.05) is 42.9 Å². The first-order valence-corrected chi connectivity index (χ1v) is 14.2. The van der Waals surface area contributed by atoms with Crippen LogP contribution in [0.3, 0.4) is 0 Å². The van der Waals surface area contributed by atoms with Crippen LogP contribution in [0, 0.1) is 11.6 Å². The van der Waals surface area contributed by atoms with Gasteiger partial charge in [-0.3, -0.25) is 9.69 Å². The summed E-state index contributed by atoms with van der Waals surface area (Å²) in [5.74, 6) is -2.33. The van der Waals surface area contributed by atoms with E-state index in [1.807, 2.05) is 0 Å². The average molecular weight is 647 g/mol. The molecule has 1 unspecified atom stereocenters. The number of alkyl halides is 3. The summed E-state index contributed by atoms with van der Waals surface area (Å²) in [4.78, 5) is 19.6. The molecule has 4 aromatic rings. The lowest BCUT2D eigenvalue weighted by molar-refractivity contribution is -0.137. The molecule has 2 heterocycles. The molecule has 45 heavy (non-hydrogen) atoms. The van der Waals surface area contributed by atoms with Crippen molar-refractivity contribution < 1.29 is 31.9 Å². The average Bonchev–Trinajstić information content (AvgIpc) is 3.49. The second-order valence-electron chi connectivity index (χ2n) is 10.6. The van der Waals surface area contributed by atoms with Gasteiger partial charge in [0.25, 0.3) is 0 Å². The van der Waals surface area contributed by atoms with Crippen LogP contribution in [0.5, 0.6) is 0 Å². The lowest BCUT2D eigenvalue weighted by Gasteiger charge is -2.41. The van der Waals surface area contributed by atoms with Crippen molar-refractivity contribution in [3.8, 4) is 0 Å². The number of rotatable bonds is 9. The van der Waals surface area contributed by atoms with Gasteiger partial charge in [-0.1, -0.05) is 29.8 Å². The number of benzene rings is 3. The van der Waals surface area contributed by atoms with Crippen molar-refractivity contribution in [2.24, 2.45) is 0 Å². The van der Waals surface area contributed by atoms with Gasteiger partial charge in [0.15, 0.2) is 0 Å². The van der Waals surface area contributed by atoms with E-state index in [1.54, 1.807) is 34.1 Å². The van der Waals surface area contributed by atoms with E-state index in [1.165, 1.54) is 47.7 Å². The summed E-state index contributed by atoms with van der Waals surface area (Å²) in [6.07, 6.45) is 0.635. The maximum atomic E-state index is 14.8. The molecule has 1 amide bonds. The van der Waals surface area contributed by atoms with Crippen molar-refractivity contribution in [1.29, 1.82) is 0 Å². The highest BCUT2D eigenvalue weighted by Crippen LogP contribution is 2.39. The van der Waals surface area contributed by atoms with Crippen molar-refractivity contribution >= 4 is 35.0 Å². The molecule has 8 nitrogen and oxygen atoms in total. The summed E-state index contributed by atoms with van der Waals surface area (Å²) in [7, 11) is 0. The number of carbonyl (C=O) groups is 1. The molecular formula is C31H28ClF5N6O2. The molecule has 0 bridgehead atoms. The van der Waals surface area contributed by atoms with Crippen LogP contribution in [0.25, 0.3) is 6.08 Å². The van der Waals surface area contributed by atoms with Gasteiger partial charge in [-0.25, -0.2) is 18.4 Å². The van der Waals surface area contributed by atoms with E-state index in [0.29, 0.717) is 16.7 Å². The van der Waals surface area contributed by atoms with E-state index in [4.69, 9.17) is 11.6 Å². The first kappa shape index (κ1) is 32.1. The largest absolute Gasteiger partial charge is 0.418 e. The molecule has 3 aromatic carbocycles. The number of nitrogens with one attached hydrogen (secondary N) is 1. The fourth-order valence-electron chi connectivity index (χ4n) is 5.23. The molecule has 0 radical (unpaired) electrons. The van der Waals surface area contributed by atoms with Crippen LogP contribution in [-0.2, 0) is 23.1 Å². The monoisotopic (exact) mass is 646 g/mol. The zero-order chi connectivity index (χ0) is 32.2. The predicted molar refractivity (Wildman–Crippen MR) is 159 cm³/mol. The van der Waals surface area contributed by atoms with E-state index in [2.05, 4.69) is 15.4 Å². The Labute approximate surface area is 260 Å². The number of piperazine rings is 1. The molecule has 1 fully saturated rings. The van der Waals surface area contributed by atoms with E-state index in [0.717, 1.165) is 12.1 Å². The number of anilines is 2. The van der Waals surface area contributed by atoms with Crippen LogP contribution in [0.4, 0.5) is 33.3 Å². The van der Waals surface area contributed by atoms with Crippen molar-refractivity contribution in [3.05, 3.63) is 113 Å². The Bertz CT molecular complexity index is 1660. The highest BCUT2D eigenvalue weighted by atomic mass is 35.5. The second-order valence-corrected chi connectivity index (χ2v) is 11.1. The van der Waals surface area contributed by atoms with Gasteiger partial charge in [0.05, 0.1) is 12.1 Å². The molecule has 5 rings (SSSR count). The number of hydrogen-bond acceptors (Lipinski definition) is 6. The number of hydrogen-bond donors (Lipinski definition) is 2. The normalized spacial score (nSPS) is 15.8. The summed E-state index contributed by atoms with van der Waals surface area (Å²) >= 11 is 5.85. The van der Waals surface area contributed by atoms with Crippen LogP contribution < -0.4 is 10.2 Å². The second kappa shape index (κ2) is 13.3. The summed E-state index contributed by atoms with van der Waals surface area (Å²) in [5.41, 5.74) is -2.27. The molecule has 2 N–H and O–H groups in total.